The van der Waals surface area contributed by atoms with Crippen LogP contribution >= 0.6 is 22.6 Å². The molecule has 6 heteroatoms. The Kier molecular flexibility index (Phi) is 6.74. The van der Waals surface area contributed by atoms with Crippen molar-refractivity contribution in [1.29, 1.82) is 0 Å². The number of benzene rings is 1. The number of methoxy groups -OCH3 is 1. The summed E-state index contributed by atoms with van der Waals surface area (Å²) >= 11 is 2.35. The van der Waals surface area contributed by atoms with Crippen LogP contribution in [0.4, 0.5) is 4.79 Å². The summed E-state index contributed by atoms with van der Waals surface area (Å²) in [5, 5.41) is 3.55. The Morgan fingerprint density at radius 1 is 1.42 bits per heavy atom. The van der Waals surface area contributed by atoms with Crippen LogP contribution in [0.25, 0.3) is 0 Å². The third-order valence-electron chi connectivity index (χ3n) is 3.92. The van der Waals surface area contributed by atoms with Gasteiger partial charge in [-0.05, 0) is 86.5 Å². The third-order valence-corrected chi connectivity index (χ3v) is 4.97. The van der Waals surface area contributed by atoms with E-state index in [4.69, 9.17) is 9.47 Å². The van der Waals surface area contributed by atoms with Gasteiger partial charge in [0.2, 0.25) is 0 Å². The van der Waals surface area contributed by atoms with Crippen LogP contribution in [0.5, 0.6) is 5.75 Å². The molecular weight excluding hydrogens is 419 g/mol. The van der Waals surface area contributed by atoms with E-state index in [9.17, 15) is 4.79 Å². The van der Waals surface area contributed by atoms with Gasteiger partial charge in [0.1, 0.15) is 11.4 Å². The SMILES string of the molecule is COc1ccc(I)c(CCN[C@@H]2CCN(C(=O)OC(C)(C)C)C2)c1. The Morgan fingerprint density at radius 2 is 2.17 bits per heavy atom. The van der Waals surface area contributed by atoms with E-state index < -0.39 is 5.60 Å². The largest absolute Gasteiger partial charge is 0.497 e. The first-order valence-electron chi connectivity index (χ1n) is 8.32. The highest BCUT2D eigenvalue weighted by Gasteiger charge is 2.29. The van der Waals surface area contributed by atoms with Crippen LogP contribution in [0.1, 0.15) is 32.8 Å². The molecule has 0 aromatic heterocycles. The van der Waals surface area contributed by atoms with Gasteiger partial charge in [-0.2, -0.15) is 0 Å². The molecule has 2 rings (SSSR count). The molecular formula is C18H27IN2O3. The van der Waals surface area contributed by atoms with Gasteiger partial charge in [0.15, 0.2) is 0 Å². The van der Waals surface area contributed by atoms with Crippen molar-refractivity contribution in [3.63, 3.8) is 0 Å². The first-order chi connectivity index (χ1) is 11.3. The summed E-state index contributed by atoms with van der Waals surface area (Å²) in [4.78, 5) is 13.9. The molecule has 0 saturated carbocycles. The predicted molar refractivity (Wildman–Crippen MR) is 104 cm³/mol. The molecule has 1 aromatic rings. The van der Waals surface area contributed by atoms with E-state index in [1.165, 1.54) is 9.13 Å². The van der Waals surface area contributed by atoms with Crippen molar-refractivity contribution in [2.45, 2.75) is 45.3 Å². The van der Waals surface area contributed by atoms with Gasteiger partial charge in [-0.15, -0.1) is 0 Å². The summed E-state index contributed by atoms with van der Waals surface area (Å²) < 4.78 is 12.0. The molecule has 1 aliphatic heterocycles. The molecule has 0 radical (unpaired) electrons. The summed E-state index contributed by atoms with van der Waals surface area (Å²) in [5.74, 6) is 0.891. The molecule has 134 valence electrons. The second kappa shape index (κ2) is 8.38. The van der Waals surface area contributed by atoms with E-state index in [0.717, 1.165) is 31.7 Å². The summed E-state index contributed by atoms with van der Waals surface area (Å²) in [7, 11) is 1.69. The van der Waals surface area contributed by atoms with E-state index in [1.807, 2.05) is 26.8 Å². The highest BCUT2D eigenvalue weighted by Crippen LogP contribution is 2.20. The lowest BCUT2D eigenvalue weighted by atomic mass is 10.1. The van der Waals surface area contributed by atoms with Gasteiger partial charge in [0.05, 0.1) is 7.11 Å². The summed E-state index contributed by atoms with van der Waals surface area (Å²) in [6, 6.07) is 6.48. The maximum absolute atomic E-state index is 12.1. The Labute approximate surface area is 158 Å². The lowest BCUT2D eigenvalue weighted by Gasteiger charge is -2.24. The zero-order chi connectivity index (χ0) is 17.7. The predicted octanol–water partition coefficient (Wildman–Crippen LogP) is 3.44. The van der Waals surface area contributed by atoms with Crippen molar-refractivity contribution >= 4 is 28.7 Å². The molecule has 1 amide bonds. The van der Waals surface area contributed by atoms with Crippen molar-refractivity contribution in [3.05, 3.63) is 27.3 Å². The van der Waals surface area contributed by atoms with Gasteiger partial charge in [0, 0.05) is 22.7 Å². The van der Waals surface area contributed by atoms with Gasteiger partial charge in [-0.3, -0.25) is 0 Å². The quantitative estimate of drug-likeness (QED) is 0.705. The fourth-order valence-electron chi connectivity index (χ4n) is 2.70. The number of carbonyl (C=O) groups is 1. The molecule has 1 aromatic carbocycles. The molecule has 24 heavy (non-hydrogen) atoms. The first-order valence-corrected chi connectivity index (χ1v) is 9.40. The molecule has 0 spiro atoms. The van der Waals surface area contributed by atoms with Crippen molar-refractivity contribution in [2.75, 3.05) is 26.7 Å². The zero-order valence-electron chi connectivity index (χ0n) is 14.9. The van der Waals surface area contributed by atoms with Crippen molar-refractivity contribution in [2.24, 2.45) is 0 Å². The summed E-state index contributed by atoms with van der Waals surface area (Å²) in [6.07, 6.45) is 1.70. The molecule has 1 heterocycles. The Bertz CT molecular complexity index is 572. The van der Waals surface area contributed by atoms with Gasteiger partial charge in [-0.25, -0.2) is 4.79 Å². The highest BCUT2D eigenvalue weighted by atomic mass is 127. The monoisotopic (exact) mass is 446 g/mol. The molecule has 1 fully saturated rings. The fraction of sp³-hybridized carbons (Fsp3) is 0.611. The zero-order valence-corrected chi connectivity index (χ0v) is 17.1. The average Bonchev–Trinajstić information content (AvgIpc) is 2.96. The van der Waals surface area contributed by atoms with E-state index in [-0.39, 0.29) is 6.09 Å². The van der Waals surface area contributed by atoms with E-state index in [2.05, 4.69) is 40.0 Å². The molecule has 1 saturated heterocycles. The van der Waals surface area contributed by atoms with Gasteiger partial charge in [0.25, 0.3) is 0 Å². The fourth-order valence-corrected chi connectivity index (χ4v) is 3.31. The first kappa shape index (κ1) is 19.3. The van der Waals surface area contributed by atoms with E-state index in [0.29, 0.717) is 12.6 Å². The maximum Gasteiger partial charge on any atom is 0.410 e. The van der Waals surface area contributed by atoms with E-state index in [1.54, 1.807) is 12.0 Å². The Morgan fingerprint density at radius 3 is 2.83 bits per heavy atom. The minimum absolute atomic E-state index is 0.214. The minimum Gasteiger partial charge on any atom is -0.497 e. The molecule has 1 N–H and O–H groups in total. The number of hydrogen-bond donors (Lipinski definition) is 1. The second-order valence-corrected chi connectivity index (χ2v) is 8.24. The number of rotatable bonds is 5. The molecule has 0 aliphatic carbocycles. The topological polar surface area (TPSA) is 50.8 Å². The molecule has 0 bridgehead atoms. The summed E-state index contributed by atoms with van der Waals surface area (Å²) in [6.45, 7) is 8.04. The number of hydrogen-bond acceptors (Lipinski definition) is 4. The smallest absolute Gasteiger partial charge is 0.410 e. The third kappa shape index (κ3) is 5.81. The second-order valence-electron chi connectivity index (χ2n) is 7.07. The van der Waals surface area contributed by atoms with Crippen LogP contribution in [0.2, 0.25) is 0 Å². The van der Waals surface area contributed by atoms with Crippen molar-refractivity contribution in [3.8, 4) is 5.75 Å². The molecule has 1 atom stereocenters. The number of likely N-dealkylation sites (tertiary alicyclic amines) is 1. The van der Waals surface area contributed by atoms with Crippen LogP contribution in [-0.4, -0.2) is 49.4 Å². The standard InChI is InChI=1S/C18H27IN2O3/c1-18(2,3)24-17(22)21-10-8-14(12-21)20-9-7-13-11-15(23-4)5-6-16(13)19/h5-6,11,14,20H,7-10,12H2,1-4H3/t14-/m1/s1. The molecule has 1 aliphatic rings. The number of nitrogens with one attached hydrogen (secondary N) is 1. The Hall–Kier alpha value is -1.02. The number of nitrogens with zero attached hydrogens (tertiary/aromatic N) is 1. The van der Waals surface area contributed by atoms with Crippen LogP contribution in [0, 0.1) is 3.57 Å². The molecule has 5 nitrogen and oxygen atoms in total. The Balaban J connectivity index is 1.77. The van der Waals surface area contributed by atoms with E-state index >= 15 is 0 Å². The number of carbonyl (C=O) groups excluding carboxylic acids is 1. The lowest BCUT2D eigenvalue weighted by molar-refractivity contribution is 0.0291. The number of ether oxygens (including phenoxy) is 2. The van der Waals surface area contributed by atoms with Gasteiger partial charge >= 0.3 is 6.09 Å². The van der Waals surface area contributed by atoms with Gasteiger partial charge < -0.3 is 19.7 Å². The van der Waals surface area contributed by atoms with Gasteiger partial charge in [-0.1, -0.05) is 0 Å². The minimum atomic E-state index is -0.439. The van der Waals surface area contributed by atoms with Crippen LogP contribution in [0.15, 0.2) is 18.2 Å². The normalized spacial score (nSPS) is 17.9. The lowest BCUT2D eigenvalue weighted by Crippen LogP contribution is -2.38. The number of amides is 1. The molecule has 0 unspecified atom stereocenters. The average molecular weight is 446 g/mol. The maximum atomic E-state index is 12.1. The number of halogens is 1. The summed E-state index contributed by atoms with van der Waals surface area (Å²) in [5.41, 5.74) is 0.843. The van der Waals surface area contributed by atoms with Crippen molar-refractivity contribution < 1.29 is 14.3 Å². The van der Waals surface area contributed by atoms with Crippen LogP contribution in [-0.2, 0) is 11.2 Å². The highest BCUT2D eigenvalue weighted by molar-refractivity contribution is 14.1. The van der Waals surface area contributed by atoms with Crippen LogP contribution < -0.4 is 10.1 Å². The van der Waals surface area contributed by atoms with Crippen molar-refractivity contribution in [1.82, 2.24) is 10.2 Å². The van der Waals surface area contributed by atoms with Crippen LogP contribution in [0.3, 0.4) is 0 Å².